The molecule has 1 fully saturated rings. The van der Waals surface area contributed by atoms with Crippen LogP contribution in [0, 0.1) is 5.82 Å². The highest BCUT2D eigenvalue weighted by molar-refractivity contribution is 5.44. The standard InChI is InChI=1S/C16H19FN4/c17-14-2-4-15(5-3-14)19-11-13-1-6-16(20-12-13)21-9-7-18-8-10-21/h1-6,12,18-19H,7-11H2. The first kappa shape index (κ1) is 13.8. The maximum absolute atomic E-state index is 12.8. The molecule has 2 heterocycles. The summed E-state index contributed by atoms with van der Waals surface area (Å²) in [5.74, 6) is 0.810. The van der Waals surface area contributed by atoms with Crippen LogP contribution in [0.15, 0.2) is 42.6 Å². The van der Waals surface area contributed by atoms with Gasteiger partial charge < -0.3 is 15.5 Å². The van der Waals surface area contributed by atoms with Gasteiger partial charge in [-0.05, 0) is 35.9 Å². The third kappa shape index (κ3) is 3.70. The van der Waals surface area contributed by atoms with Crippen LogP contribution in [0.1, 0.15) is 5.56 Å². The Hall–Kier alpha value is -2.14. The average Bonchev–Trinajstić information content (AvgIpc) is 2.56. The summed E-state index contributed by atoms with van der Waals surface area (Å²) in [4.78, 5) is 6.81. The van der Waals surface area contributed by atoms with Crippen LogP contribution >= 0.6 is 0 Å². The van der Waals surface area contributed by atoms with Gasteiger partial charge in [-0.2, -0.15) is 0 Å². The zero-order chi connectivity index (χ0) is 14.5. The molecule has 2 aromatic rings. The van der Waals surface area contributed by atoms with Crippen molar-refractivity contribution in [1.82, 2.24) is 10.3 Å². The second-order valence-electron chi connectivity index (χ2n) is 5.12. The molecular formula is C16H19FN4. The number of piperazine rings is 1. The van der Waals surface area contributed by atoms with E-state index in [0.29, 0.717) is 6.54 Å². The van der Waals surface area contributed by atoms with Gasteiger partial charge in [-0.25, -0.2) is 9.37 Å². The Morgan fingerprint density at radius 1 is 1.10 bits per heavy atom. The molecular weight excluding hydrogens is 267 g/mol. The normalized spacial score (nSPS) is 15.0. The lowest BCUT2D eigenvalue weighted by Crippen LogP contribution is -2.43. The number of rotatable bonds is 4. The molecule has 0 spiro atoms. The molecule has 0 unspecified atom stereocenters. The monoisotopic (exact) mass is 286 g/mol. The minimum absolute atomic E-state index is 0.220. The number of nitrogens with one attached hydrogen (secondary N) is 2. The number of anilines is 2. The predicted octanol–water partition coefficient (Wildman–Crippen LogP) is 2.24. The van der Waals surface area contributed by atoms with Gasteiger partial charge in [0.2, 0.25) is 0 Å². The summed E-state index contributed by atoms with van der Waals surface area (Å²) in [6.07, 6.45) is 1.90. The Bertz CT molecular complexity index is 562. The number of halogens is 1. The molecule has 1 aromatic carbocycles. The molecule has 0 aliphatic carbocycles. The van der Waals surface area contributed by atoms with Crippen LogP contribution in [0.2, 0.25) is 0 Å². The molecule has 3 rings (SSSR count). The van der Waals surface area contributed by atoms with Gasteiger partial charge in [0.25, 0.3) is 0 Å². The first-order chi connectivity index (χ1) is 10.3. The fraction of sp³-hybridized carbons (Fsp3) is 0.312. The highest BCUT2D eigenvalue weighted by atomic mass is 19.1. The van der Waals surface area contributed by atoms with E-state index in [1.165, 1.54) is 12.1 Å². The van der Waals surface area contributed by atoms with Crippen molar-refractivity contribution in [1.29, 1.82) is 0 Å². The molecule has 110 valence electrons. The van der Waals surface area contributed by atoms with Gasteiger partial charge in [0.1, 0.15) is 11.6 Å². The largest absolute Gasteiger partial charge is 0.381 e. The van der Waals surface area contributed by atoms with E-state index in [1.54, 1.807) is 12.1 Å². The van der Waals surface area contributed by atoms with E-state index in [4.69, 9.17) is 0 Å². The molecule has 1 aromatic heterocycles. The minimum atomic E-state index is -0.220. The Morgan fingerprint density at radius 3 is 2.52 bits per heavy atom. The Morgan fingerprint density at radius 2 is 1.86 bits per heavy atom. The van der Waals surface area contributed by atoms with Crippen molar-refractivity contribution in [2.24, 2.45) is 0 Å². The number of hydrogen-bond donors (Lipinski definition) is 2. The molecule has 5 heteroatoms. The van der Waals surface area contributed by atoms with E-state index in [1.807, 2.05) is 6.20 Å². The summed E-state index contributed by atoms with van der Waals surface area (Å²) in [6.45, 7) is 4.70. The summed E-state index contributed by atoms with van der Waals surface area (Å²) in [5, 5.41) is 6.59. The predicted molar refractivity (Wildman–Crippen MR) is 83.0 cm³/mol. The molecule has 1 aliphatic heterocycles. The van der Waals surface area contributed by atoms with E-state index in [2.05, 4.69) is 32.7 Å². The fourth-order valence-corrected chi connectivity index (χ4v) is 2.37. The van der Waals surface area contributed by atoms with Crippen LogP contribution < -0.4 is 15.5 Å². The number of aromatic nitrogens is 1. The molecule has 0 saturated carbocycles. The second-order valence-corrected chi connectivity index (χ2v) is 5.12. The Balaban J connectivity index is 1.57. The van der Waals surface area contributed by atoms with Crippen LogP contribution in [0.4, 0.5) is 15.9 Å². The van der Waals surface area contributed by atoms with Crippen molar-refractivity contribution in [2.45, 2.75) is 6.54 Å². The minimum Gasteiger partial charge on any atom is -0.381 e. The summed E-state index contributed by atoms with van der Waals surface area (Å²) in [5.41, 5.74) is 2.01. The summed E-state index contributed by atoms with van der Waals surface area (Å²) >= 11 is 0. The van der Waals surface area contributed by atoms with Crippen molar-refractivity contribution in [2.75, 3.05) is 36.4 Å². The number of nitrogens with zero attached hydrogens (tertiary/aromatic N) is 2. The van der Waals surface area contributed by atoms with Gasteiger partial charge in [0.15, 0.2) is 0 Å². The van der Waals surface area contributed by atoms with Crippen LogP contribution in [0.5, 0.6) is 0 Å². The van der Waals surface area contributed by atoms with Crippen LogP contribution in [0.25, 0.3) is 0 Å². The van der Waals surface area contributed by atoms with Gasteiger partial charge in [0, 0.05) is 44.6 Å². The molecule has 0 amide bonds. The van der Waals surface area contributed by atoms with E-state index < -0.39 is 0 Å². The SMILES string of the molecule is Fc1ccc(NCc2ccc(N3CCNCC3)nc2)cc1. The molecule has 4 nitrogen and oxygen atoms in total. The van der Waals surface area contributed by atoms with E-state index in [0.717, 1.165) is 43.2 Å². The highest BCUT2D eigenvalue weighted by Crippen LogP contribution is 2.14. The van der Waals surface area contributed by atoms with Crippen molar-refractivity contribution in [3.05, 3.63) is 54.0 Å². The summed E-state index contributed by atoms with van der Waals surface area (Å²) in [7, 11) is 0. The zero-order valence-corrected chi connectivity index (χ0v) is 11.8. The topological polar surface area (TPSA) is 40.2 Å². The van der Waals surface area contributed by atoms with Crippen molar-refractivity contribution < 1.29 is 4.39 Å². The van der Waals surface area contributed by atoms with E-state index in [9.17, 15) is 4.39 Å². The van der Waals surface area contributed by atoms with Gasteiger partial charge in [0.05, 0.1) is 0 Å². The molecule has 0 radical (unpaired) electrons. The molecule has 21 heavy (non-hydrogen) atoms. The molecule has 0 bridgehead atoms. The first-order valence-corrected chi connectivity index (χ1v) is 7.21. The number of hydrogen-bond acceptors (Lipinski definition) is 4. The maximum Gasteiger partial charge on any atom is 0.128 e. The van der Waals surface area contributed by atoms with E-state index in [-0.39, 0.29) is 5.82 Å². The van der Waals surface area contributed by atoms with Crippen LogP contribution in [0.3, 0.4) is 0 Å². The van der Waals surface area contributed by atoms with Gasteiger partial charge in [-0.3, -0.25) is 0 Å². The van der Waals surface area contributed by atoms with E-state index >= 15 is 0 Å². The first-order valence-electron chi connectivity index (χ1n) is 7.21. The van der Waals surface area contributed by atoms with Crippen molar-refractivity contribution in [3.8, 4) is 0 Å². The Labute approximate surface area is 124 Å². The van der Waals surface area contributed by atoms with Crippen molar-refractivity contribution >= 4 is 11.5 Å². The third-order valence-corrected chi connectivity index (χ3v) is 3.59. The van der Waals surface area contributed by atoms with Gasteiger partial charge in [-0.1, -0.05) is 6.07 Å². The Kier molecular flexibility index (Phi) is 4.31. The number of benzene rings is 1. The molecule has 1 aliphatic rings. The highest BCUT2D eigenvalue weighted by Gasteiger charge is 2.10. The number of pyridine rings is 1. The lowest BCUT2D eigenvalue weighted by molar-refractivity contribution is 0.585. The van der Waals surface area contributed by atoms with Crippen LogP contribution in [-0.2, 0) is 6.54 Å². The average molecular weight is 286 g/mol. The molecule has 1 saturated heterocycles. The van der Waals surface area contributed by atoms with Gasteiger partial charge in [-0.15, -0.1) is 0 Å². The molecule has 0 atom stereocenters. The van der Waals surface area contributed by atoms with Crippen LogP contribution in [-0.4, -0.2) is 31.2 Å². The fourth-order valence-electron chi connectivity index (χ4n) is 2.37. The quantitative estimate of drug-likeness (QED) is 0.904. The third-order valence-electron chi connectivity index (χ3n) is 3.59. The lowest BCUT2D eigenvalue weighted by Gasteiger charge is -2.28. The lowest BCUT2D eigenvalue weighted by atomic mass is 10.2. The smallest absolute Gasteiger partial charge is 0.128 e. The second kappa shape index (κ2) is 6.54. The molecule has 2 N–H and O–H groups in total. The van der Waals surface area contributed by atoms with Gasteiger partial charge >= 0.3 is 0 Å². The van der Waals surface area contributed by atoms with Crippen molar-refractivity contribution in [3.63, 3.8) is 0 Å². The zero-order valence-electron chi connectivity index (χ0n) is 11.8. The summed E-state index contributed by atoms with van der Waals surface area (Å²) < 4.78 is 12.8. The maximum atomic E-state index is 12.8. The summed E-state index contributed by atoms with van der Waals surface area (Å²) in [6, 6.07) is 10.5.